The van der Waals surface area contributed by atoms with Crippen LogP contribution in [-0.4, -0.2) is 47.1 Å². The molecule has 1 atom stereocenters. The lowest BCUT2D eigenvalue weighted by atomic mass is 9.83. The molecule has 6 heteroatoms. The van der Waals surface area contributed by atoms with Crippen molar-refractivity contribution in [1.82, 2.24) is 0 Å². The summed E-state index contributed by atoms with van der Waals surface area (Å²) >= 11 is 0. The maximum Gasteiger partial charge on any atom is 0.177 e. The van der Waals surface area contributed by atoms with Crippen molar-refractivity contribution in [2.45, 2.75) is 5.60 Å². The van der Waals surface area contributed by atoms with Gasteiger partial charge in [-0.3, -0.25) is 0 Å². The molecule has 2 heterocycles. The number of halogens is 1. The summed E-state index contributed by atoms with van der Waals surface area (Å²) in [6.07, 6.45) is 7.75. The van der Waals surface area contributed by atoms with Crippen molar-refractivity contribution >= 4 is 22.5 Å². The van der Waals surface area contributed by atoms with Crippen LogP contribution >= 0.6 is 0 Å². The average molecular weight is 488 g/mol. The van der Waals surface area contributed by atoms with Gasteiger partial charge < -0.3 is 23.8 Å². The minimum Gasteiger partial charge on any atom is -0.494 e. The largest absolute Gasteiger partial charge is 0.494 e. The van der Waals surface area contributed by atoms with Crippen molar-refractivity contribution in [3.63, 3.8) is 0 Å². The van der Waals surface area contributed by atoms with Gasteiger partial charge in [-0.05, 0) is 35.2 Å². The Balaban J connectivity index is 1.67. The van der Waals surface area contributed by atoms with Crippen molar-refractivity contribution in [2.24, 2.45) is 0 Å². The van der Waals surface area contributed by atoms with Crippen LogP contribution in [0.2, 0.25) is 0 Å². The van der Waals surface area contributed by atoms with Crippen LogP contribution in [0.25, 0.3) is 16.8 Å². The summed E-state index contributed by atoms with van der Waals surface area (Å²) in [5.41, 5.74) is 2.26. The minimum absolute atomic E-state index is 0.176. The standard InChI is InChI=1S/C30H30FNO4/c1-21(7-6-16-33-2)30(22-10-11-28(34-3)26(31)19-22)13-12-25-23-8-4-5-9-24(23)27(20-29(25)36-30)32-14-17-35-18-15-32/h4-13,19-20H,1,14-18H2,2-3H3/b7-6-. The summed E-state index contributed by atoms with van der Waals surface area (Å²) in [5, 5.41) is 2.26. The molecule has 36 heavy (non-hydrogen) atoms. The first kappa shape index (κ1) is 24.1. The van der Waals surface area contributed by atoms with Gasteiger partial charge in [0.05, 0.1) is 26.9 Å². The smallest absolute Gasteiger partial charge is 0.177 e. The molecule has 0 aliphatic carbocycles. The Kier molecular flexibility index (Phi) is 6.81. The molecule has 1 unspecified atom stereocenters. The number of morpholine rings is 1. The van der Waals surface area contributed by atoms with E-state index in [0.717, 1.165) is 40.9 Å². The van der Waals surface area contributed by atoms with E-state index in [9.17, 15) is 4.39 Å². The zero-order valence-electron chi connectivity index (χ0n) is 20.6. The van der Waals surface area contributed by atoms with Crippen LogP contribution in [0, 0.1) is 5.82 Å². The molecule has 3 aromatic carbocycles. The van der Waals surface area contributed by atoms with E-state index in [1.54, 1.807) is 13.2 Å². The van der Waals surface area contributed by atoms with Crippen LogP contribution in [-0.2, 0) is 15.1 Å². The number of benzene rings is 3. The van der Waals surface area contributed by atoms with Crippen LogP contribution in [0.3, 0.4) is 0 Å². The molecular weight excluding hydrogens is 457 g/mol. The van der Waals surface area contributed by atoms with Crippen molar-refractivity contribution in [1.29, 1.82) is 0 Å². The zero-order valence-corrected chi connectivity index (χ0v) is 20.6. The fourth-order valence-electron chi connectivity index (χ4n) is 4.91. The molecule has 0 spiro atoms. The second-order valence-electron chi connectivity index (χ2n) is 8.86. The van der Waals surface area contributed by atoms with Gasteiger partial charge in [0.2, 0.25) is 0 Å². The predicted molar refractivity (Wildman–Crippen MR) is 141 cm³/mol. The van der Waals surface area contributed by atoms with Gasteiger partial charge in [0.25, 0.3) is 0 Å². The van der Waals surface area contributed by atoms with Gasteiger partial charge in [-0.15, -0.1) is 0 Å². The highest BCUT2D eigenvalue weighted by atomic mass is 19.1. The average Bonchev–Trinajstić information content (AvgIpc) is 2.92. The highest BCUT2D eigenvalue weighted by Gasteiger charge is 2.38. The third-order valence-corrected chi connectivity index (χ3v) is 6.77. The fourth-order valence-corrected chi connectivity index (χ4v) is 4.91. The quantitative estimate of drug-likeness (QED) is 0.389. The fraction of sp³-hybridized carbons (Fsp3) is 0.267. The topological polar surface area (TPSA) is 40.2 Å². The Morgan fingerprint density at radius 3 is 2.61 bits per heavy atom. The molecule has 0 N–H and O–H groups in total. The predicted octanol–water partition coefficient (Wildman–Crippen LogP) is 5.88. The Bertz CT molecular complexity index is 1340. The van der Waals surface area contributed by atoms with E-state index in [-0.39, 0.29) is 5.75 Å². The first-order chi connectivity index (χ1) is 17.6. The zero-order chi connectivity index (χ0) is 25.1. The summed E-state index contributed by atoms with van der Waals surface area (Å²) in [4.78, 5) is 2.33. The summed E-state index contributed by atoms with van der Waals surface area (Å²) < 4.78 is 37.6. The van der Waals surface area contributed by atoms with Gasteiger partial charge in [-0.25, -0.2) is 4.39 Å². The summed E-state index contributed by atoms with van der Waals surface area (Å²) in [6.45, 7) is 7.72. The number of methoxy groups -OCH3 is 2. The summed E-state index contributed by atoms with van der Waals surface area (Å²) in [5.74, 6) is 0.434. The van der Waals surface area contributed by atoms with Crippen LogP contribution < -0.4 is 14.4 Å². The van der Waals surface area contributed by atoms with Crippen LogP contribution in [0.1, 0.15) is 11.1 Å². The second kappa shape index (κ2) is 10.2. The van der Waals surface area contributed by atoms with Crippen molar-refractivity contribution in [2.75, 3.05) is 52.0 Å². The second-order valence-corrected chi connectivity index (χ2v) is 8.86. The van der Waals surface area contributed by atoms with Crippen molar-refractivity contribution in [3.8, 4) is 11.5 Å². The molecule has 1 saturated heterocycles. The monoisotopic (exact) mass is 487 g/mol. The number of fused-ring (bicyclic) bond motifs is 3. The van der Waals surface area contributed by atoms with Gasteiger partial charge >= 0.3 is 0 Å². The molecule has 0 bridgehead atoms. The van der Waals surface area contributed by atoms with Gasteiger partial charge in [0, 0.05) is 48.5 Å². The Labute approximate surface area is 211 Å². The summed E-state index contributed by atoms with van der Waals surface area (Å²) in [7, 11) is 3.08. The molecule has 186 valence electrons. The van der Waals surface area contributed by atoms with E-state index >= 15 is 0 Å². The normalized spacial score (nSPS) is 19.4. The Hall–Kier alpha value is -3.61. The number of hydrogen-bond donors (Lipinski definition) is 0. The highest BCUT2D eigenvalue weighted by molar-refractivity contribution is 6.02. The maximum atomic E-state index is 14.9. The molecular formula is C30H30FNO4. The van der Waals surface area contributed by atoms with Crippen LogP contribution in [0.4, 0.5) is 10.1 Å². The molecule has 5 rings (SSSR count). The lowest BCUT2D eigenvalue weighted by Gasteiger charge is -2.38. The molecule has 2 aliphatic rings. The number of rotatable bonds is 7. The third kappa shape index (κ3) is 4.27. The molecule has 1 fully saturated rings. The van der Waals surface area contributed by atoms with E-state index in [0.29, 0.717) is 31.0 Å². The van der Waals surface area contributed by atoms with Gasteiger partial charge in [-0.1, -0.05) is 49.1 Å². The molecule has 0 aromatic heterocycles. The number of anilines is 1. The number of ether oxygens (including phenoxy) is 4. The first-order valence-electron chi connectivity index (χ1n) is 12.0. The third-order valence-electron chi connectivity index (χ3n) is 6.77. The van der Waals surface area contributed by atoms with Crippen LogP contribution in [0.15, 0.2) is 78.9 Å². The van der Waals surface area contributed by atoms with E-state index in [4.69, 9.17) is 18.9 Å². The van der Waals surface area contributed by atoms with Crippen molar-refractivity contribution < 1.29 is 23.3 Å². The van der Waals surface area contributed by atoms with Gasteiger partial charge in [0.15, 0.2) is 17.2 Å². The SMILES string of the molecule is C=C(/C=C\COC)C1(c2ccc(OC)c(F)c2)C=Cc2c(cc(N3CCOCC3)c3ccccc23)O1. The van der Waals surface area contributed by atoms with E-state index in [1.165, 1.54) is 13.2 Å². The molecule has 0 radical (unpaired) electrons. The Morgan fingerprint density at radius 1 is 1.11 bits per heavy atom. The molecule has 5 nitrogen and oxygen atoms in total. The number of nitrogens with zero attached hydrogens (tertiary/aromatic N) is 1. The molecule has 3 aromatic rings. The lowest BCUT2D eigenvalue weighted by Crippen LogP contribution is -2.37. The van der Waals surface area contributed by atoms with Gasteiger partial charge in [-0.2, -0.15) is 0 Å². The highest BCUT2D eigenvalue weighted by Crippen LogP contribution is 2.47. The number of hydrogen-bond acceptors (Lipinski definition) is 5. The van der Waals surface area contributed by atoms with E-state index in [2.05, 4.69) is 41.8 Å². The minimum atomic E-state index is -1.10. The van der Waals surface area contributed by atoms with Crippen molar-refractivity contribution in [3.05, 3.63) is 95.9 Å². The van der Waals surface area contributed by atoms with Gasteiger partial charge in [0.1, 0.15) is 5.75 Å². The summed E-state index contributed by atoms with van der Waals surface area (Å²) in [6, 6.07) is 15.3. The van der Waals surface area contributed by atoms with Crippen LogP contribution in [0.5, 0.6) is 11.5 Å². The first-order valence-corrected chi connectivity index (χ1v) is 12.0. The van der Waals surface area contributed by atoms with E-state index < -0.39 is 11.4 Å². The molecule has 0 saturated carbocycles. The molecule has 0 amide bonds. The maximum absolute atomic E-state index is 14.9. The molecule has 2 aliphatic heterocycles. The lowest BCUT2D eigenvalue weighted by molar-refractivity contribution is 0.122. The van der Waals surface area contributed by atoms with E-state index in [1.807, 2.05) is 30.4 Å². The Morgan fingerprint density at radius 2 is 1.89 bits per heavy atom.